The van der Waals surface area contributed by atoms with E-state index in [-0.39, 0.29) is 11.9 Å². The molecule has 0 aromatic heterocycles. The first-order chi connectivity index (χ1) is 10.1. The molecule has 0 aliphatic rings. The van der Waals surface area contributed by atoms with E-state index in [1.54, 1.807) is 11.9 Å². The van der Waals surface area contributed by atoms with Gasteiger partial charge in [-0.1, -0.05) is 60.7 Å². The first-order valence-corrected chi connectivity index (χ1v) is 7.12. The molecule has 0 saturated heterocycles. The molecule has 2 aromatic rings. The van der Waals surface area contributed by atoms with E-state index in [2.05, 4.69) is 0 Å². The van der Waals surface area contributed by atoms with Gasteiger partial charge in [0.05, 0.1) is 18.6 Å². The Balaban J connectivity index is 2.01. The molecular formula is C18H21NO2. The first-order valence-electron chi connectivity index (χ1n) is 7.12. The Hall–Kier alpha value is -2.13. The standard InChI is InChI=1S/C18H21NO2/c1-14(18(21)16-11-7-4-8-12-16)19(2)17(20)13-15-9-5-3-6-10-15/h3-12,14,18,21H,13H2,1-2H3/t14-,18+/m1/s1. The second-order valence-electron chi connectivity index (χ2n) is 5.26. The lowest BCUT2D eigenvalue weighted by Gasteiger charge is -2.29. The lowest BCUT2D eigenvalue weighted by Crippen LogP contribution is -2.39. The van der Waals surface area contributed by atoms with Crippen LogP contribution < -0.4 is 0 Å². The van der Waals surface area contributed by atoms with Crippen LogP contribution >= 0.6 is 0 Å². The summed E-state index contributed by atoms with van der Waals surface area (Å²) >= 11 is 0. The van der Waals surface area contributed by atoms with Gasteiger partial charge in [-0.05, 0) is 18.1 Å². The molecule has 3 heteroatoms. The van der Waals surface area contributed by atoms with Gasteiger partial charge in [0, 0.05) is 7.05 Å². The number of carbonyl (C=O) groups excluding carboxylic acids is 1. The van der Waals surface area contributed by atoms with Crippen molar-refractivity contribution in [1.82, 2.24) is 4.90 Å². The normalized spacial score (nSPS) is 13.5. The van der Waals surface area contributed by atoms with Gasteiger partial charge in [0.25, 0.3) is 0 Å². The van der Waals surface area contributed by atoms with E-state index >= 15 is 0 Å². The molecule has 2 aromatic carbocycles. The number of aliphatic hydroxyl groups excluding tert-OH is 1. The van der Waals surface area contributed by atoms with Crippen LogP contribution in [0.25, 0.3) is 0 Å². The van der Waals surface area contributed by atoms with E-state index < -0.39 is 6.10 Å². The number of nitrogens with zero attached hydrogens (tertiary/aromatic N) is 1. The zero-order chi connectivity index (χ0) is 15.2. The van der Waals surface area contributed by atoms with Crippen molar-refractivity contribution in [1.29, 1.82) is 0 Å². The van der Waals surface area contributed by atoms with Gasteiger partial charge in [-0.25, -0.2) is 0 Å². The molecule has 2 rings (SSSR count). The van der Waals surface area contributed by atoms with Crippen LogP contribution in [0.15, 0.2) is 60.7 Å². The summed E-state index contributed by atoms with van der Waals surface area (Å²) in [6.45, 7) is 1.86. The molecule has 0 saturated carbocycles. The fourth-order valence-electron chi connectivity index (χ4n) is 2.26. The summed E-state index contributed by atoms with van der Waals surface area (Å²) in [7, 11) is 1.74. The molecule has 1 amide bonds. The van der Waals surface area contributed by atoms with E-state index in [0.717, 1.165) is 11.1 Å². The number of amides is 1. The summed E-state index contributed by atoms with van der Waals surface area (Å²) in [5.74, 6) is 0.00341. The molecule has 1 N–H and O–H groups in total. The predicted octanol–water partition coefficient (Wildman–Crippen LogP) is 2.81. The number of benzene rings is 2. The van der Waals surface area contributed by atoms with Crippen LogP contribution in [-0.4, -0.2) is 29.0 Å². The zero-order valence-corrected chi connectivity index (χ0v) is 12.4. The van der Waals surface area contributed by atoms with Gasteiger partial charge in [0.2, 0.25) is 5.91 Å². The van der Waals surface area contributed by atoms with Crippen molar-refractivity contribution in [2.24, 2.45) is 0 Å². The number of likely N-dealkylation sites (N-methyl/N-ethyl adjacent to an activating group) is 1. The second kappa shape index (κ2) is 7.04. The van der Waals surface area contributed by atoms with Crippen LogP contribution in [0.1, 0.15) is 24.2 Å². The van der Waals surface area contributed by atoms with Gasteiger partial charge in [0.15, 0.2) is 0 Å². The van der Waals surface area contributed by atoms with Crippen LogP contribution in [0.4, 0.5) is 0 Å². The van der Waals surface area contributed by atoms with Gasteiger partial charge < -0.3 is 10.0 Å². The molecule has 21 heavy (non-hydrogen) atoms. The summed E-state index contributed by atoms with van der Waals surface area (Å²) in [6, 6.07) is 18.8. The van der Waals surface area contributed by atoms with Crippen molar-refractivity contribution < 1.29 is 9.90 Å². The summed E-state index contributed by atoms with van der Waals surface area (Å²) in [5.41, 5.74) is 1.81. The van der Waals surface area contributed by atoms with Crippen molar-refractivity contribution in [2.45, 2.75) is 25.5 Å². The van der Waals surface area contributed by atoms with E-state index in [0.29, 0.717) is 6.42 Å². The van der Waals surface area contributed by atoms with E-state index in [9.17, 15) is 9.90 Å². The maximum Gasteiger partial charge on any atom is 0.227 e. The monoisotopic (exact) mass is 283 g/mol. The highest BCUT2D eigenvalue weighted by atomic mass is 16.3. The minimum Gasteiger partial charge on any atom is -0.386 e. The summed E-state index contributed by atoms with van der Waals surface area (Å²) < 4.78 is 0. The fraction of sp³-hybridized carbons (Fsp3) is 0.278. The smallest absolute Gasteiger partial charge is 0.227 e. The Bertz CT molecular complexity index is 568. The molecule has 2 atom stereocenters. The van der Waals surface area contributed by atoms with E-state index in [1.807, 2.05) is 67.6 Å². The Morgan fingerprint density at radius 2 is 1.57 bits per heavy atom. The topological polar surface area (TPSA) is 40.5 Å². The fourth-order valence-corrected chi connectivity index (χ4v) is 2.26. The highest BCUT2D eigenvalue weighted by Crippen LogP contribution is 2.20. The van der Waals surface area contributed by atoms with Crippen LogP contribution in [-0.2, 0) is 11.2 Å². The highest BCUT2D eigenvalue weighted by molar-refractivity contribution is 5.78. The molecule has 0 fully saturated rings. The number of rotatable bonds is 5. The zero-order valence-electron chi connectivity index (χ0n) is 12.4. The Morgan fingerprint density at radius 1 is 1.05 bits per heavy atom. The Morgan fingerprint density at radius 3 is 2.14 bits per heavy atom. The average molecular weight is 283 g/mol. The maximum absolute atomic E-state index is 12.3. The SMILES string of the molecule is C[C@H]([C@H](O)c1ccccc1)N(C)C(=O)Cc1ccccc1. The van der Waals surface area contributed by atoms with Gasteiger partial charge >= 0.3 is 0 Å². The largest absolute Gasteiger partial charge is 0.386 e. The molecule has 110 valence electrons. The highest BCUT2D eigenvalue weighted by Gasteiger charge is 2.23. The molecular weight excluding hydrogens is 262 g/mol. The average Bonchev–Trinajstić information content (AvgIpc) is 2.54. The van der Waals surface area contributed by atoms with Gasteiger partial charge in [-0.15, -0.1) is 0 Å². The number of carbonyl (C=O) groups is 1. The molecule has 0 radical (unpaired) electrons. The van der Waals surface area contributed by atoms with Crippen molar-refractivity contribution in [3.63, 3.8) is 0 Å². The second-order valence-corrected chi connectivity index (χ2v) is 5.26. The van der Waals surface area contributed by atoms with Crippen molar-refractivity contribution in [3.8, 4) is 0 Å². The Kier molecular flexibility index (Phi) is 5.12. The molecule has 0 spiro atoms. The van der Waals surface area contributed by atoms with Crippen molar-refractivity contribution in [2.75, 3.05) is 7.05 Å². The van der Waals surface area contributed by atoms with Crippen molar-refractivity contribution in [3.05, 3.63) is 71.8 Å². The van der Waals surface area contributed by atoms with E-state index in [4.69, 9.17) is 0 Å². The first kappa shape index (κ1) is 15.3. The number of aliphatic hydroxyl groups is 1. The lowest BCUT2D eigenvalue weighted by atomic mass is 10.0. The Labute approximate surface area is 125 Å². The molecule has 0 aliphatic carbocycles. The summed E-state index contributed by atoms with van der Waals surface area (Å²) in [6.07, 6.45) is -0.334. The van der Waals surface area contributed by atoms with Crippen LogP contribution in [0.3, 0.4) is 0 Å². The van der Waals surface area contributed by atoms with Crippen molar-refractivity contribution >= 4 is 5.91 Å². The lowest BCUT2D eigenvalue weighted by molar-refractivity contribution is -0.133. The third-order valence-electron chi connectivity index (χ3n) is 3.80. The number of hydrogen-bond acceptors (Lipinski definition) is 2. The van der Waals surface area contributed by atoms with E-state index in [1.165, 1.54) is 0 Å². The summed E-state index contributed by atoms with van der Waals surface area (Å²) in [4.78, 5) is 13.9. The van der Waals surface area contributed by atoms with Gasteiger partial charge in [-0.3, -0.25) is 4.79 Å². The van der Waals surface area contributed by atoms with Gasteiger partial charge in [0.1, 0.15) is 0 Å². The molecule has 0 unspecified atom stereocenters. The number of hydrogen-bond donors (Lipinski definition) is 1. The molecule has 0 heterocycles. The van der Waals surface area contributed by atoms with Crippen LogP contribution in [0.5, 0.6) is 0 Å². The maximum atomic E-state index is 12.3. The molecule has 0 aliphatic heterocycles. The summed E-state index contributed by atoms with van der Waals surface area (Å²) in [5, 5.41) is 10.4. The quantitative estimate of drug-likeness (QED) is 0.916. The minimum atomic E-state index is -0.684. The molecule has 3 nitrogen and oxygen atoms in total. The third kappa shape index (κ3) is 3.92. The predicted molar refractivity (Wildman–Crippen MR) is 83.8 cm³/mol. The van der Waals surface area contributed by atoms with Crippen LogP contribution in [0, 0.1) is 0 Å². The van der Waals surface area contributed by atoms with Crippen LogP contribution in [0.2, 0.25) is 0 Å². The molecule has 0 bridgehead atoms. The third-order valence-corrected chi connectivity index (χ3v) is 3.80. The minimum absolute atomic E-state index is 0.00341. The van der Waals surface area contributed by atoms with Gasteiger partial charge in [-0.2, -0.15) is 0 Å².